The molecule has 1 amide bonds. The highest BCUT2D eigenvalue weighted by Gasteiger charge is 2.31. The fourth-order valence-corrected chi connectivity index (χ4v) is 2.75. The molecule has 1 unspecified atom stereocenters. The Kier molecular flexibility index (Phi) is 2.96. The molecular weight excluding hydrogens is 242 g/mol. The van der Waals surface area contributed by atoms with E-state index in [9.17, 15) is 4.79 Å². The highest BCUT2D eigenvalue weighted by Crippen LogP contribution is 2.32. The first-order valence-electron chi connectivity index (χ1n) is 5.20. The average molecular weight is 257 g/mol. The normalized spacial score (nSPS) is 21.9. The molecule has 1 atom stereocenters. The van der Waals surface area contributed by atoms with Gasteiger partial charge in [0.15, 0.2) is 0 Å². The maximum atomic E-state index is 11.7. The van der Waals surface area contributed by atoms with Crippen LogP contribution in [0.2, 0.25) is 0 Å². The zero-order chi connectivity index (χ0) is 11.9. The number of amides is 1. The Morgan fingerprint density at radius 3 is 2.56 bits per heavy atom. The van der Waals surface area contributed by atoms with E-state index in [2.05, 4.69) is 43.6 Å². The second kappa shape index (κ2) is 4.00. The van der Waals surface area contributed by atoms with Gasteiger partial charge in [-0.25, -0.2) is 0 Å². The third-order valence-electron chi connectivity index (χ3n) is 2.39. The molecule has 1 fully saturated rings. The van der Waals surface area contributed by atoms with Crippen LogP contribution in [0.4, 0.5) is 5.13 Å². The van der Waals surface area contributed by atoms with E-state index in [0.717, 1.165) is 5.01 Å². The molecule has 16 heavy (non-hydrogen) atoms. The third-order valence-corrected chi connectivity index (χ3v) is 4.11. The summed E-state index contributed by atoms with van der Waals surface area (Å²) >= 11 is 5.81. The minimum Gasteiger partial charge on any atom is -0.286 e. The van der Waals surface area contributed by atoms with E-state index in [0.29, 0.717) is 18.1 Å². The van der Waals surface area contributed by atoms with Crippen molar-refractivity contribution in [1.29, 1.82) is 0 Å². The number of hydrogen-bond acceptors (Lipinski definition) is 5. The maximum absolute atomic E-state index is 11.7. The summed E-state index contributed by atoms with van der Waals surface area (Å²) in [7, 11) is 0. The van der Waals surface area contributed by atoms with Gasteiger partial charge in [0.2, 0.25) is 11.0 Å². The lowest BCUT2D eigenvalue weighted by Gasteiger charge is -2.13. The van der Waals surface area contributed by atoms with Crippen LogP contribution in [0.25, 0.3) is 0 Å². The minimum atomic E-state index is -0.0148. The van der Waals surface area contributed by atoms with Crippen molar-refractivity contribution in [3.8, 4) is 0 Å². The summed E-state index contributed by atoms with van der Waals surface area (Å²) in [6.45, 7) is 6.90. The van der Waals surface area contributed by atoms with Gasteiger partial charge in [-0.3, -0.25) is 9.69 Å². The molecule has 1 aromatic rings. The van der Waals surface area contributed by atoms with Crippen LogP contribution in [-0.2, 0) is 10.2 Å². The molecule has 88 valence electrons. The summed E-state index contributed by atoms with van der Waals surface area (Å²) in [6, 6.07) is 0. The Morgan fingerprint density at radius 1 is 1.44 bits per heavy atom. The van der Waals surface area contributed by atoms with E-state index in [1.165, 1.54) is 11.3 Å². The third kappa shape index (κ3) is 2.22. The van der Waals surface area contributed by atoms with Gasteiger partial charge >= 0.3 is 0 Å². The number of hydrogen-bond donors (Lipinski definition) is 1. The summed E-state index contributed by atoms with van der Waals surface area (Å²) in [5, 5.41) is 10.0. The Hall–Kier alpha value is -0.620. The van der Waals surface area contributed by atoms with E-state index < -0.39 is 0 Å². The molecule has 0 spiro atoms. The van der Waals surface area contributed by atoms with Gasteiger partial charge in [0.05, 0.1) is 0 Å². The number of aromatic nitrogens is 2. The smallest absolute Gasteiger partial charge is 0.230 e. The lowest BCUT2D eigenvalue weighted by atomic mass is 9.98. The fourth-order valence-electron chi connectivity index (χ4n) is 1.50. The number of thiol groups is 1. The largest absolute Gasteiger partial charge is 0.286 e. The molecule has 0 aliphatic carbocycles. The molecule has 1 aliphatic heterocycles. The number of anilines is 1. The molecule has 0 bridgehead atoms. The molecule has 1 aliphatic rings. The van der Waals surface area contributed by atoms with E-state index in [-0.39, 0.29) is 16.6 Å². The molecule has 1 aromatic heterocycles. The fraction of sp³-hybridized carbons (Fsp3) is 0.700. The first kappa shape index (κ1) is 11.9. The molecule has 2 heterocycles. The van der Waals surface area contributed by atoms with Crippen LogP contribution in [0.1, 0.15) is 32.2 Å². The lowest BCUT2D eigenvalue weighted by molar-refractivity contribution is -0.117. The van der Waals surface area contributed by atoms with Crippen LogP contribution >= 0.6 is 24.0 Å². The van der Waals surface area contributed by atoms with Gasteiger partial charge in [0.1, 0.15) is 5.01 Å². The van der Waals surface area contributed by atoms with Crippen LogP contribution in [0.15, 0.2) is 0 Å². The molecule has 4 nitrogen and oxygen atoms in total. The van der Waals surface area contributed by atoms with E-state index in [1.54, 1.807) is 4.90 Å². The summed E-state index contributed by atoms with van der Waals surface area (Å²) in [4.78, 5) is 13.3. The SMILES string of the molecule is CC(C)(C)c1nnc(N2CC(S)CC2=O)s1. The second-order valence-corrected chi connectivity index (χ2v) is 6.69. The Bertz CT molecular complexity index is 410. The molecule has 2 rings (SSSR count). The minimum absolute atomic E-state index is 0.0148. The van der Waals surface area contributed by atoms with Crippen LogP contribution in [0, 0.1) is 0 Å². The van der Waals surface area contributed by atoms with Crippen molar-refractivity contribution in [3.63, 3.8) is 0 Å². The first-order chi connectivity index (χ1) is 7.38. The van der Waals surface area contributed by atoms with Gasteiger partial charge < -0.3 is 0 Å². The number of carbonyl (C=O) groups is 1. The molecule has 0 saturated carbocycles. The van der Waals surface area contributed by atoms with E-state index in [4.69, 9.17) is 0 Å². The van der Waals surface area contributed by atoms with Gasteiger partial charge in [0.25, 0.3) is 0 Å². The van der Waals surface area contributed by atoms with Crippen molar-refractivity contribution < 1.29 is 4.79 Å². The predicted molar refractivity (Wildman–Crippen MR) is 68.4 cm³/mol. The van der Waals surface area contributed by atoms with Crippen molar-refractivity contribution in [2.75, 3.05) is 11.4 Å². The van der Waals surface area contributed by atoms with Crippen molar-refractivity contribution in [3.05, 3.63) is 5.01 Å². The number of rotatable bonds is 1. The average Bonchev–Trinajstić information content (AvgIpc) is 2.70. The van der Waals surface area contributed by atoms with Crippen molar-refractivity contribution in [2.45, 2.75) is 37.9 Å². The Balaban J connectivity index is 2.23. The van der Waals surface area contributed by atoms with Crippen LogP contribution in [0.5, 0.6) is 0 Å². The first-order valence-corrected chi connectivity index (χ1v) is 6.53. The summed E-state index contributed by atoms with van der Waals surface area (Å²) in [5.41, 5.74) is -0.0148. The van der Waals surface area contributed by atoms with Crippen molar-refractivity contribution in [2.24, 2.45) is 0 Å². The molecular formula is C10H15N3OS2. The summed E-state index contributed by atoms with van der Waals surface area (Å²) in [5.74, 6) is 0.0941. The van der Waals surface area contributed by atoms with Gasteiger partial charge in [0, 0.05) is 23.6 Å². The van der Waals surface area contributed by atoms with Crippen molar-refractivity contribution >= 4 is 35.0 Å². The molecule has 0 radical (unpaired) electrons. The van der Waals surface area contributed by atoms with Crippen LogP contribution < -0.4 is 4.90 Å². The zero-order valence-corrected chi connectivity index (χ0v) is 11.3. The highest BCUT2D eigenvalue weighted by molar-refractivity contribution is 7.81. The molecule has 0 aromatic carbocycles. The van der Waals surface area contributed by atoms with Crippen LogP contribution in [0.3, 0.4) is 0 Å². The van der Waals surface area contributed by atoms with E-state index in [1.807, 2.05) is 0 Å². The van der Waals surface area contributed by atoms with Crippen molar-refractivity contribution in [1.82, 2.24) is 10.2 Å². The summed E-state index contributed by atoms with van der Waals surface area (Å²) < 4.78 is 0. The summed E-state index contributed by atoms with van der Waals surface area (Å²) in [6.07, 6.45) is 0.494. The monoisotopic (exact) mass is 257 g/mol. The molecule has 1 saturated heterocycles. The Labute approximate surface area is 104 Å². The second-order valence-electron chi connectivity index (χ2n) is 5.00. The molecule has 0 N–H and O–H groups in total. The van der Waals surface area contributed by atoms with E-state index >= 15 is 0 Å². The predicted octanol–water partition coefficient (Wildman–Crippen LogP) is 1.87. The van der Waals surface area contributed by atoms with Gasteiger partial charge in [-0.05, 0) is 0 Å². The van der Waals surface area contributed by atoms with Gasteiger partial charge in [-0.1, -0.05) is 32.1 Å². The lowest BCUT2D eigenvalue weighted by Crippen LogP contribution is -2.24. The molecule has 6 heteroatoms. The standard InChI is InChI=1S/C10H15N3OS2/c1-10(2,3)8-11-12-9(16-8)13-5-6(15)4-7(13)14/h6,15H,4-5H2,1-3H3. The topological polar surface area (TPSA) is 46.1 Å². The zero-order valence-electron chi connectivity index (χ0n) is 9.60. The number of nitrogens with zero attached hydrogens (tertiary/aromatic N) is 3. The Morgan fingerprint density at radius 2 is 2.12 bits per heavy atom. The van der Waals surface area contributed by atoms with Crippen LogP contribution in [-0.4, -0.2) is 27.9 Å². The highest BCUT2D eigenvalue weighted by atomic mass is 32.1. The van der Waals surface area contributed by atoms with Gasteiger partial charge in [-0.2, -0.15) is 12.6 Å². The van der Waals surface area contributed by atoms with Gasteiger partial charge in [-0.15, -0.1) is 10.2 Å². The maximum Gasteiger partial charge on any atom is 0.230 e. The quantitative estimate of drug-likeness (QED) is 0.781. The number of carbonyl (C=O) groups excluding carboxylic acids is 1.